The summed E-state index contributed by atoms with van der Waals surface area (Å²) >= 11 is 0. The lowest BCUT2D eigenvalue weighted by Gasteiger charge is -2.29. The molecule has 1 amide bonds. The molecule has 0 bridgehead atoms. The van der Waals surface area contributed by atoms with Gasteiger partial charge in [0.15, 0.2) is 31.5 Å². The van der Waals surface area contributed by atoms with E-state index < -0.39 is 39.0 Å². The number of nitrogens with one attached hydrogen (secondary N) is 1. The first-order valence-corrected chi connectivity index (χ1v) is 17.7. The van der Waals surface area contributed by atoms with Gasteiger partial charge in [-0.05, 0) is 63.5 Å². The second-order valence-electron chi connectivity index (χ2n) is 11.4. The first kappa shape index (κ1) is 29.8. The SMILES string of the molecule is C[Si](C)(C)OC1[C@H](n2cnc3c(NC(=O)c4ccccc4)ncnc32)O[C@H](COC(=O)OC2/C=C/CCCCC2)[C@H]1O. The highest BCUT2D eigenvalue weighted by molar-refractivity contribution is 6.69. The van der Waals surface area contributed by atoms with Crippen molar-refractivity contribution in [3.63, 3.8) is 0 Å². The molecule has 1 saturated heterocycles. The van der Waals surface area contributed by atoms with Crippen LogP contribution in [0.1, 0.15) is 48.7 Å². The van der Waals surface area contributed by atoms with Crippen LogP contribution in [0, 0.1) is 0 Å². The molecule has 0 spiro atoms. The van der Waals surface area contributed by atoms with E-state index in [0.29, 0.717) is 16.7 Å². The van der Waals surface area contributed by atoms with E-state index in [1.807, 2.05) is 37.9 Å². The van der Waals surface area contributed by atoms with Crippen molar-refractivity contribution in [3.05, 3.63) is 60.7 Å². The quantitative estimate of drug-likeness (QED) is 0.215. The number of rotatable bonds is 8. The van der Waals surface area contributed by atoms with Gasteiger partial charge in [-0.25, -0.2) is 19.7 Å². The molecule has 0 radical (unpaired) electrons. The minimum absolute atomic E-state index is 0.224. The number of carbonyl (C=O) groups is 2. The average molecular weight is 596 g/mol. The predicted octanol–water partition coefficient (Wildman–Crippen LogP) is 4.60. The number of fused-ring (bicyclic) bond motifs is 1. The van der Waals surface area contributed by atoms with Crippen LogP contribution in [0.2, 0.25) is 19.6 Å². The van der Waals surface area contributed by atoms with Crippen LogP contribution in [0.4, 0.5) is 10.6 Å². The minimum Gasteiger partial charge on any atom is -0.431 e. The molecule has 5 atom stereocenters. The Bertz CT molecular complexity index is 1410. The van der Waals surface area contributed by atoms with Gasteiger partial charge < -0.3 is 29.1 Å². The standard InChI is InChI=1S/C29H37N5O7Si/c1-42(2,3)41-24-23(35)21(16-38-29(37)39-20-14-10-5-4-6-11-15-20)40-28(24)34-18-32-22-25(30-17-31-26(22)34)33-27(36)19-12-8-7-9-13-19/h7-10,12-14,17-18,20-21,23-24,28,35H,4-6,11,15-16H2,1-3H3,(H,30,31,33,36)/b14-10+/t20?,21-,23-,24?,28-/m1/s1. The second-order valence-corrected chi connectivity index (χ2v) is 15.9. The summed E-state index contributed by atoms with van der Waals surface area (Å²) in [6.45, 7) is 5.79. The van der Waals surface area contributed by atoms with Gasteiger partial charge in [0, 0.05) is 5.56 Å². The Morgan fingerprint density at radius 1 is 1.12 bits per heavy atom. The maximum absolute atomic E-state index is 12.8. The number of aliphatic hydroxyl groups is 1. The molecule has 5 rings (SSSR count). The van der Waals surface area contributed by atoms with Crippen molar-refractivity contribution >= 4 is 37.4 Å². The largest absolute Gasteiger partial charge is 0.508 e. The van der Waals surface area contributed by atoms with E-state index in [1.54, 1.807) is 28.8 Å². The highest BCUT2D eigenvalue weighted by atomic mass is 28.4. The number of anilines is 1. The molecule has 2 aliphatic rings. The third-order valence-corrected chi connectivity index (χ3v) is 8.01. The normalized spacial score (nSPS) is 25.4. The zero-order valence-corrected chi connectivity index (χ0v) is 25.0. The van der Waals surface area contributed by atoms with Crippen molar-refractivity contribution < 1.29 is 33.3 Å². The maximum Gasteiger partial charge on any atom is 0.508 e. The van der Waals surface area contributed by atoms with E-state index in [0.717, 1.165) is 32.1 Å². The Balaban J connectivity index is 1.32. The minimum atomic E-state index is -2.17. The van der Waals surface area contributed by atoms with E-state index in [1.165, 1.54) is 12.7 Å². The number of hydrogen-bond acceptors (Lipinski definition) is 10. The summed E-state index contributed by atoms with van der Waals surface area (Å²) in [5, 5.41) is 14.1. The first-order chi connectivity index (χ1) is 20.2. The van der Waals surface area contributed by atoms with Crippen molar-refractivity contribution in [1.82, 2.24) is 19.5 Å². The molecule has 1 fully saturated rings. The average Bonchev–Trinajstić information content (AvgIpc) is 3.50. The Morgan fingerprint density at radius 2 is 1.93 bits per heavy atom. The number of benzene rings is 1. The molecule has 1 aliphatic carbocycles. The van der Waals surface area contributed by atoms with Gasteiger partial charge in [-0.15, -0.1) is 0 Å². The molecule has 3 heterocycles. The number of hydrogen-bond donors (Lipinski definition) is 2. The Labute approximate surface area is 245 Å². The lowest BCUT2D eigenvalue weighted by Crippen LogP contribution is -2.42. The van der Waals surface area contributed by atoms with E-state index in [2.05, 4.69) is 20.3 Å². The Morgan fingerprint density at radius 3 is 2.71 bits per heavy atom. The molecule has 2 unspecified atom stereocenters. The van der Waals surface area contributed by atoms with Crippen molar-refractivity contribution in [2.45, 2.75) is 82.4 Å². The number of carbonyl (C=O) groups excluding carboxylic acids is 2. The number of amides is 1. The fourth-order valence-electron chi connectivity index (χ4n) is 5.05. The fraction of sp³-hybridized carbons (Fsp3) is 0.483. The fourth-order valence-corrected chi connectivity index (χ4v) is 6.12. The molecular weight excluding hydrogens is 558 g/mol. The highest BCUT2D eigenvalue weighted by Crippen LogP contribution is 2.36. The van der Waals surface area contributed by atoms with Crippen molar-refractivity contribution in [1.29, 1.82) is 0 Å². The van der Waals surface area contributed by atoms with Gasteiger partial charge in [0.25, 0.3) is 5.91 Å². The van der Waals surface area contributed by atoms with Crippen LogP contribution in [0.25, 0.3) is 11.2 Å². The topological polar surface area (TPSA) is 147 Å². The Hall–Kier alpha value is -3.65. The number of nitrogens with zero attached hydrogens (tertiary/aromatic N) is 4. The van der Waals surface area contributed by atoms with Crippen LogP contribution < -0.4 is 5.32 Å². The summed E-state index contributed by atoms with van der Waals surface area (Å²) in [5.74, 6) is -0.101. The van der Waals surface area contributed by atoms with Crippen molar-refractivity contribution in [2.75, 3.05) is 11.9 Å². The van der Waals surface area contributed by atoms with Gasteiger partial charge in [0.05, 0.1) is 6.33 Å². The zero-order chi connectivity index (χ0) is 29.7. The van der Waals surface area contributed by atoms with E-state index in [9.17, 15) is 14.7 Å². The van der Waals surface area contributed by atoms with Crippen LogP contribution in [-0.4, -0.2) is 76.0 Å². The summed E-state index contributed by atoms with van der Waals surface area (Å²) in [6.07, 6.45) is 6.91. The van der Waals surface area contributed by atoms with Crippen LogP contribution in [0.15, 0.2) is 55.1 Å². The zero-order valence-electron chi connectivity index (χ0n) is 24.0. The lowest BCUT2D eigenvalue weighted by atomic mass is 10.0. The van der Waals surface area contributed by atoms with Crippen LogP contribution in [0.3, 0.4) is 0 Å². The van der Waals surface area contributed by atoms with Gasteiger partial charge in [-0.1, -0.05) is 30.7 Å². The maximum atomic E-state index is 12.8. The lowest BCUT2D eigenvalue weighted by molar-refractivity contribution is -0.0626. The van der Waals surface area contributed by atoms with E-state index in [4.69, 9.17) is 18.6 Å². The third kappa shape index (κ3) is 7.21. The van der Waals surface area contributed by atoms with Crippen LogP contribution in [0.5, 0.6) is 0 Å². The van der Waals surface area contributed by atoms with E-state index >= 15 is 0 Å². The number of aliphatic hydroxyl groups excluding tert-OH is 1. The summed E-state index contributed by atoms with van der Waals surface area (Å²) in [5.41, 5.74) is 1.20. The summed E-state index contributed by atoms with van der Waals surface area (Å²) in [6, 6.07) is 8.77. The number of allylic oxidation sites excluding steroid dienone is 1. The highest BCUT2D eigenvalue weighted by Gasteiger charge is 2.48. The third-order valence-electron chi connectivity index (χ3n) is 7.03. The monoisotopic (exact) mass is 595 g/mol. The number of ether oxygens (including phenoxy) is 3. The summed E-state index contributed by atoms with van der Waals surface area (Å²) < 4.78 is 25.1. The summed E-state index contributed by atoms with van der Waals surface area (Å²) in [4.78, 5) is 38.3. The molecule has 13 heteroatoms. The van der Waals surface area contributed by atoms with Crippen LogP contribution in [-0.2, 0) is 18.6 Å². The molecule has 3 aromatic rings. The first-order valence-electron chi connectivity index (χ1n) is 14.2. The molecule has 224 valence electrons. The second kappa shape index (κ2) is 13.1. The Kier molecular flexibility index (Phi) is 9.31. The van der Waals surface area contributed by atoms with Crippen molar-refractivity contribution in [3.8, 4) is 0 Å². The van der Waals surface area contributed by atoms with E-state index in [-0.39, 0.29) is 24.4 Å². The van der Waals surface area contributed by atoms with Gasteiger partial charge in [0.2, 0.25) is 0 Å². The number of imidazole rings is 1. The van der Waals surface area contributed by atoms with Crippen LogP contribution >= 0.6 is 0 Å². The molecule has 42 heavy (non-hydrogen) atoms. The molecule has 1 aliphatic heterocycles. The summed E-state index contributed by atoms with van der Waals surface area (Å²) in [7, 11) is -2.17. The molecule has 2 N–H and O–H groups in total. The van der Waals surface area contributed by atoms with Gasteiger partial charge in [-0.2, -0.15) is 0 Å². The predicted molar refractivity (Wildman–Crippen MR) is 156 cm³/mol. The molecule has 1 aromatic carbocycles. The molecular formula is C29H37N5O7Si. The smallest absolute Gasteiger partial charge is 0.431 e. The van der Waals surface area contributed by atoms with Gasteiger partial charge in [-0.3, -0.25) is 9.36 Å². The molecule has 0 saturated carbocycles. The van der Waals surface area contributed by atoms with Crippen molar-refractivity contribution in [2.24, 2.45) is 0 Å². The number of aromatic nitrogens is 4. The van der Waals surface area contributed by atoms with Gasteiger partial charge in [0.1, 0.15) is 37.4 Å². The van der Waals surface area contributed by atoms with Gasteiger partial charge >= 0.3 is 6.16 Å². The molecule has 12 nitrogen and oxygen atoms in total. The molecule has 2 aromatic heterocycles.